The lowest BCUT2D eigenvalue weighted by Crippen LogP contribution is -2.27. The molecule has 2 aliphatic carbocycles. The molecular formula is C18H22N4O. The Morgan fingerprint density at radius 1 is 1.30 bits per heavy atom. The van der Waals surface area contributed by atoms with E-state index in [0.717, 1.165) is 23.2 Å². The predicted octanol–water partition coefficient (Wildman–Crippen LogP) is 2.71. The molecule has 0 spiro atoms. The van der Waals surface area contributed by atoms with E-state index in [1.54, 1.807) is 17.1 Å². The SMILES string of the molecule is O=C(C[C@@H]1C[C@H]2CC[C@H]1C2)NCc1ccnc(-n2cccn2)c1. The van der Waals surface area contributed by atoms with Crippen LogP contribution < -0.4 is 5.32 Å². The third kappa shape index (κ3) is 3.14. The van der Waals surface area contributed by atoms with Crippen LogP contribution in [0, 0.1) is 17.8 Å². The van der Waals surface area contributed by atoms with Crippen LogP contribution in [0.2, 0.25) is 0 Å². The molecule has 1 N–H and O–H groups in total. The predicted molar refractivity (Wildman–Crippen MR) is 86.8 cm³/mol. The van der Waals surface area contributed by atoms with Gasteiger partial charge in [-0.3, -0.25) is 4.79 Å². The molecule has 2 fully saturated rings. The van der Waals surface area contributed by atoms with Crippen molar-refractivity contribution < 1.29 is 4.79 Å². The molecule has 23 heavy (non-hydrogen) atoms. The highest BCUT2D eigenvalue weighted by molar-refractivity contribution is 5.76. The molecule has 0 aromatic carbocycles. The van der Waals surface area contributed by atoms with Crippen molar-refractivity contribution in [2.45, 2.75) is 38.6 Å². The Morgan fingerprint density at radius 2 is 2.26 bits per heavy atom. The third-order valence-corrected chi connectivity index (χ3v) is 5.37. The fourth-order valence-electron chi connectivity index (χ4n) is 4.24. The van der Waals surface area contributed by atoms with Gasteiger partial charge in [-0.15, -0.1) is 0 Å². The molecule has 1 amide bonds. The molecule has 3 atom stereocenters. The molecule has 2 aromatic heterocycles. The Morgan fingerprint density at radius 3 is 3.00 bits per heavy atom. The van der Waals surface area contributed by atoms with Crippen molar-refractivity contribution in [3.8, 4) is 5.82 Å². The summed E-state index contributed by atoms with van der Waals surface area (Å²) >= 11 is 0. The first-order chi connectivity index (χ1) is 11.3. The number of carbonyl (C=O) groups excluding carboxylic acids is 1. The van der Waals surface area contributed by atoms with Crippen molar-refractivity contribution >= 4 is 5.91 Å². The number of fused-ring (bicyclic) bond motifs is 2. The first kappa shape index (κ1) is 14.4. The minimum Gasteiger partial charge on any atom is -0.352 e. The quantitative estimate of drug-likeness (QED) is 0.923. The van der Waals surface area contributed by atoms with Crippen molar-refractivity contribution in [2.24, 2.45) is 17.8 Å². The van der Waals surface area contributed by atoms with Gasteiger partial charge in [0.25, 0.3) is 0 Å². The summed E-state index contributed by atoms with van der Waals surface area (Å²) in [4.78, 5) is 16.5. The molecule has 4 rings (SSSR count). The van der Waals surface area contributed by atoms with Crippen LogP contribution in [0.4, 0.5) is 0 Å². The Bertz CT molecular complexity index is 682. The molecule has 2 bridgehead atoms. The minimum atomic E-state index is 0.181. The number of pyridine rings is 1. The third-order valence-electron chi connectivity index (χ3n) is 5.37. The number of aromatic nitrogens is 3. The van der Waals surface area contributed by atoms with Crippen molar-refractivity contribution in [3.63, 3.8) is 0 Å². The average molecular weight is 310 g/mol. The van der Waals surface area contributed by atoms with Gasteiger partial charge in [0.15, 0.2) is 5.82 Å². The topological polar surface area (TPSA) is 59.8 Å². The van der Waals surface area contributed by atoms with E-state index in [9.17, 15) is 4.79 Å². The van der Waals surface area contributed by atoms with Gasteiger partial charge >= 0.3 is 0 Å². The summed E-state index contributed by atoms with van der Waals surface area (Å²) in [6.45, 7) is 0.552. The lowest BCUT2D eigenvalue weighted by molar-refractivity contribution is -0.122. The fraction of sp³-hybridized carbons (Fsp3) is 0.500. The van der Waals surface area contributed by atoms with Gasteiger partial charge in [0.05, 0.1) is 0 Å². The molecule has 0 radical (unpaired) electrons. The van der Waals surface area contributed by atoms with E-state index >= 15 is 0 Å². The maximum absolute atomic E-state index is 12.2. The van der Waals surface area contributed by atoms with E-state index in [2.05, 4.69) is 15.4 Å². The number of amides is 1. The summed E-state index contributed by atoms with van der Waals surface area (Å²) in [6.07, 6.45) is 11.4. The van der Waals surface area contributed by atoms with Crippen LogP contribution >= 0.6 is 0 Å². The molecular weight excluding hydrogens is 288 g/mol. The first-order valence-electron chi connectivity index (χ1n) is 8.49. The normalized spacial score (nSPS) is 25.7. The Kier molecular flexibility index (Phi) is 3.85. The van der Waals surface area contributed by atoms with Crippen molar-refractivity contribution in [3.05, 3.63) is 42.4 Å². The number of hydrogen-bond acceptors (Lipinski definition) is 3. The van der Waals surface area contributed by atoms with Crippen LogP contribution in [0.25, 0.3) is 5.82 Å². The van der Waals surface area contributed by atoms with E-state index in [0.29, 0.717) is 18.9 Å². The van der Waals surface area contributed by atoms with Gasteiger partial charge in [0, 0.05) is 31.6 Å². The van der Waals surface area contributed by atoms with Crippen LogP contribution in [0.15, 0.2) is 36.8 Å². The summed E-state index contributed by atoms with van der Waals surface area (Å²) in [5.41, 5.74) is 1.05. The molecule has 2 aromatic rings. The molecule has 5 heteroatoms. The summed E-state index contributed by atoms with van der Waals surface area (Å²) in [5.74, 6) is 3.27. The van der Waals surface area contributed by atoms with Gasteiger partial charge in [-0.25, -0.2) is 9.67 Å². The highest BCUT2D eigenvalue weighted by atomic mass is 16.1. The highest BCUT2D eigenvalue weighted by Gasteiger charge is 2.39. The number of hydrogen-bond donors (Lipinski definition) is 1. The fourth-order valence-corrected chi connectivity index (χ4v) is 4.24. The second kappa shape index (κ2) is 6.14. The number of nitrogens with zero attached hydrogens (tertiary/aromatic N) is 3. The Labute approximate surface area is 136 Å². The maximum Gasteiger partial charge on any atom is 0.220 e. The Hall–Kier alpha value is -2.17. The van der Waals surface area contributed by atoms with Crippen molar-refractivity contribution in [2.75, 3.05) is 0 Å². The summed E-state index contributed by atoms with van der Waals surface area (Å²) < 4.78 is 1.72. The molecule has 2 aliphatic rings. The van der Waals surface area contributed by atoms with Gasteiger partial charge < -0.3 is 5.32 Å². The minimum absolute atomic E-state index is 0.181. The van der Waals surface area contributed by atoms with E-state index in [-0.39, 0.29) is 5.91 Å². The molecule has 2 heterocycles. The monoisotopic (exact) mass is 310 g/mol. The second-order valence-corrected chi connectivity index (χ2v) is 6.89. The van der Waals surface area contributed by atoms with Crippen LogP contribution in [0.5, 0.6) is 0 Å². The molecule has 2 saturated carbocycles. The maximum atomic E-state index is 12.2. The standard InChI is InChI=1S/C18H22N4O/c23-18(11-16-9-13-2-3-15(16)8-13)20-12-14-4-6-19-17(10-14)22-7-1-5-21-22/h1,4-7,10,13,15-16H,2-3,8-9,11-12H2,(H,20,23)/t13-,15-,16-/m0/s1. The molecule has 120 valence electrons. The Balaban J connectivity index is 1.32. The molecule has 0 unspecified atom stereocenters. The zero-order valence-electron chi connectivity index (χ0n) is 13.2. The zero-order chi connectivity index (χ0) is 15.6. The van der Waals surface area contributed by atoms with Gasteiger partial charge in [-0.05, 0) is 60.8 Å². The zero-order valence-corrected chi connectivity index (χ0v) is 13.2. The molecule has 5 nitrogen and oxygen atoms in total. The average Bonchev–Trinajstić information content (AvgIpc) is 3.30. The largest absolute Gasteiger partial charge is 0.352 e. The molecule has 0 saturated heterocycles. The number of carbonyl (C=O) groups is 1. The summed E-state index contributed by atoms with van der Waals surface area (Å²) in [6, 6.07) is 5.76. The lowest BCUT2D eigenvalue weighted by Gasteiger charge is -2.20. The van der Waals surface area contributed by atoms with Crippen molar-refractivity contribution in [1.82, 2.24) is 20.1 Å². The van der Waals surface area contributed by atoms with Gasteiger partial charge in [-0.2, -0.15) is 5.10 Å². The smallest absolute Gasteiger partial charge is 0.220 e. The van der Waals surface area contributed by atoms with Crippen LogP contribution in [0.1, 0.15) is 37.7 Å². The van der Waals surface area contributed by atoms with Crippen LogP contribution in [0.3, 0.4) is 0 Å². The second-order valence-electron chi connectivity index (χ2n) is 6.89. The highest BCUT2D eigenvalue weighted by Crippen LogP contribution is 2.49. The summed E-state index contributed by atoms with van der Waals surface area (Å²) in [5, 5.41) is 7.24. The number of nitrogens with one attached hydrogen (secondary N) is 1. The van der Waals surface area contributed by atoms with Crippen LogP contribution in [-0.2, 0) is 11.3 Å². The first-order valence-corrected chi connectivity index (χ1v) is 8.49. The van der Waals surface area contributed by atoms with Gasteiger partial charge in [0.1, 0.15) is 0 Å². The van der Waals surface area contributed by atoms with Gasteiger partial charge in [0.2, 0.25) is 5.91 Å². The number of rotatable bonds is 5. The summed E-state index contributed by atoms with van der Waals surface area (Å²) in [7, 11) is 0. The van der Waals surface area contributed by atoms with E-state index in [1.165, 1.54) is 25.7 Å². The van der Waals surface area contributed by atoms with E-state index in [1.807, 2.05) is 24.4 Å². The van der Waals surface area contributed by atoms with Crippen molar-refractivity contribution in [1.29, 1.82) is 0 Å². The van der Waals surface area contributed by atoms with Gasteiger partial charge in [-0.1, -0.05) is 6.42 Å². The van der Waals surface area contributed by atoms with E-state index in [4.69, 9.17) is 0 Å². The molecule has 0 aliphatic heterocycles. The lowest BCUT2D eigenvalue weighted by atomic mass is 9.86. The van der Waals surface area contributed by atoms with E-state index < -0.39 is 0 Å². The van der Waals surface area contributed by atoms with Crippen LogP contribution in [-0.4, -0.2) is 20.7 Å².